The van der Waals surface area contributed by atoms with Gasteiger partial charge in [0.1, 0.15) is 5.82 Å². The van der Waals surface area contributed by atoms with Crippen molar-refractivity contribution in [2.24, 2.45) is 0 Å². The fourth-order valence-electron chi connectivity index (χ4n) is 2.92. The van der Waals surface area contributed by atoms with Crippen molar-refractivity contribution < 1.29 is 5.11 Å². The predicted molar refractivity (Wildman–Crippen MR) is 105 cm³/mol. The van der Waals surface area contributed by atoms with Crippen LogP contribution in [0.5, 0.6) is 0 Å². The third-order valence-corrected chi connectivity index (χ3v) is 4.26. The average Bonchev–Trinajstić information content (AvgIpc) is 2.73. The summed E-state index contributed by atoms with van der Waals surface area (Å²) in [4.78, 5) is 17.5. The predicted octanol–water partition coefficient (Wildman–Crippen LogP) is 3.10. The number of pyridine rings is 2. The van der Waals surface area contributed by atoms with E-state index in [0.717, 1.165) is 22.0 Å². The number of benzene rings is 1. The first-order chi connectivity index (χ1) is 13.3. The van der Waals surface area contributed by atoms with Crippen LogP contribution in [0.3, 0.4) is 0 Å². The average molecular weight is 357 g/mol. The van der Waals surface area contributed by atoms with Crippen LogP contribution in [0.1, 0.15) is 5.56 Å². The summed E-state index contributed by atoms with van der Waals surface area (Å²) in [7, 11) is 0. The topological polar surface area (TPSA) is 83.8 Å². The molecule has 0 aliphatic heterocycles. The van der Waals surface area contributed by atoms with Gasteiger partial charge < -0.3 is 10.4 Å². The van der Waals surface area contributed by atoms with Crippen LogP contribution in [0.15, 0.2) is 73.3 Å². The van der Waals surface area contributed by atoms with Gasteiger partial charge in [0.2, 0.25) is 0 Å². The first-order valence-electron chi connectivity index (χ1n) is 8.77. The first-order valence-corrected chi connectivity index (χ1v) is 8.77. The van der Waals surface area contributed by atoms with E-state index in [4.69, 9.17) is 0 Å². The van der Waals surface area contributed by atoms with E-state index in [-0.39, 0.29) is 0 Å². The Morgan fingerprint density at radius 2 is 1.67 bits per heavy atom. The van der Waals surface area contributed by atoms with E-state index in [1.54, 1.807) is 24.8 Å². The van der Waals surface area contributed by atoms with Crippen molar-refractivity contribution in [2.75, 3.05) is 11.9 Å². The van der Waals surface area contributed by atoms with Crippen molar-refractivity contribution in [2.45, 2.75) is 12.5 Å². The number of anilines is 1. The Balaban J connectivity index is 1.58. The molecule has 4 rings (SSSR count). The van der Waals surface area contributed by atoms with E-state index in [0.29, 0.717) is 24.6 Å². The number of aromatic nitrogens is 4. The third kappa shape index (κ3) is 4.07. The molecule has 0 bridgehead atoms. The second kappa shape index (κ2) is 7.88. The zero-order chi connectivity index (χ0) is 18.5. The summed E-state index contributed by atoms with van der Waals surface area (Å²) in [6.07, 6.45) is 6.90. The molecule has 1 atom stereocenters. The number of nitrogens with one attached hydrogen (secondary N) is 1. The van der Waals surface area contributed by atoms with Crippen LogP contribution >= 0.6 is 0 Å². The van der Waals surface area contributed by atoms with Crippen LogP contribution in [0, 0.1) is 0 Å². The molecule has 3 heterocycles. The maximum atomic E-state index is 10.4. The quantitative estimate of drug-likeness (QED) is 0.552. The summed E-state index contributed by atoms with van der Waals surface area (Å²) in [5.74, 6) is 1.28. The van der Waals surface area contributed by atoms with Gasteiger partial charge in [-0.25, -0.2) is 9.97 Å². The number of fused-ring (bicyclic) bond motifs is 1. The molecule has 4 aromatic rings. The molecule has 2 N–H and O–H groups in total. The molecule has 0 aliphatic carbocycles. The van der Waals surface area contributed by atoms with Crippen molar-refractivity contribution >= 4 is 16.7 Å². The van der Waals surface area contributed by atoms with E-state index >= 15 is 0 Å². The highest BCUT2D eigenvalue weighted by Gasteiger charge is 2.11. The molecular formula is C21H19N5O. The van der Waals surface area contributed by atoms with Gasteiger partial charge in [-0.3, -0.25) is 9.97 Å². The smallest absolute Gasteiger partial charge is 0.162 e. The Morgan fingerprint density at radius 1 is 0.889 bits per heavy atom. The molecule has 0 fully saturated rings. The van der Waals surface area contributed by atoms with Gasteiger partial charge in [-0.15, -0.1) is 0 Å². The maximum Gasteiger partial charge on any atom is 0.162 e. The van der Waals surface area contributed by atoms with Gasteiger partial charge in [0.15, 0.2) is 5.82 Å². The van der Waals surface area contributed by atoms with Crippen LogP contribution in [-0.4, -0.2) is 37.7 Å². The first kappa shape index (κ1) is 17.1. The fraction of sp³-hybridized carbons (Fsp3) is 0.143. The lowest BCUT2D eigenvalue weighted by Crippen LogP contribution is -2.22. The van der Waals surface area contributed by atoms with Gasteiger partial charge >= 0.3 is 0 Å². The van der Waals surface area contributed by atoms with Crippen molar-refractivity contribution in [1.82, 2.24) is 19.9 Å². The van der Waals surface area contributed by atoms with Crippen LogP contribution in [0.4, 0.5) is 5.82 Å². The molecule has 0 amide bonds. The molecule has 0 aliphatic rings. The van der Waals surface area contributed by atoms with Gasteiger partial charge in [-0.1, -0.05) is 30.3 Å². The van der Waals surface area contributed by atoms with E-state index in [2.05, 4.69) is 25.3 Å². The van der Waals surface area contributed by atoms with Gasteiger partial charge in [0, 0.05) is 42.5 Å². The number of hydrogen-bond donors (Lipinski definition) is 2. The number of aliphatic hydroxyl groups excluding tert-OH is 1. The summed E-state index contributed by atoms with van der Waals surface area (Å²) < 4.78 is 0. The van der Waals surface area contributed by atoms with Gasteiger partial charge in [-0.05, 0) is 23.8 Å². The number of aliphatic hydroxyl groups is 1. The number of hydrogen-bond acceptors (Lipinski definition) is 6. The largest absolute Gasteiger partial charge is 0.391 e. The minimum absolute atomic E-state index is 0.388. The molecule has 6 nitrogen and oxygen atoms in total. The molecule has 0 saturated heterocycles. The van der Waals surface area contributed by atoms with Crippen molar-refractivity contribution in [3.8, 4) is 11.4 Å². The van der Waals surface area contributed by atoms with Crippen LogP contribution < -0.4 is 5.32 Å². The second-order valence-corrected chi connectivity index (χ2v) is 6.25. The third-order valence-electron chi connectivity index (χ3n) is 4.26. The van der Waals surface area contributed by atoms with Crippen molar-refractivity contribution in [3.05, 3.63) is 78.9 Å². The van der Waals surface area contributed by atoms with E-state index in [1.165, 1.54) is 0 Å². The summed E-state index contributed by atoms with van der Waals surface area (Å²) in [5, 5.41) is 14.5. The Morgan fingerprint density at radius 3 is 2.48 bits per heavy atom. The summed E-state index contributed by atoms with van der Waals surface area (Å²) >= 11 is 0. The van der Waals surface area contributed by atoms with Crippen molar-refractivity contribution in [1.29, 1.82) is 0 Å². The molecule has 0 saturated carbocycles. The Hall–Kier alpha value is -3.38. The molecule has 3 aromatic heterocycles. The standard InChI is InChI=1S/C21H19N5O/c27-17(12-15-4-2-1-3-5-15)13-24-21-18-8-11-23-14-19(18)25-20(26-21)16-6-9-22-10-7-16/h1-11,14,17,27H,12-13H2,(H,24,25,26)/t17-/m0/s1. The summed E-state index contributed by atoms with van der Waals surface area (Å²) in [6, 6.07) is 15.5. The van der Waals surface area contributed by atoms with Gasteiger partial charge in [0.25, 0.3) is 0 Å². The Kier molecular flexibility index (Phi) is 4.98. The lowest BCUT2D eigenvalue weighted by atomic mass is 10.1. The lowest BCUT2D eigenvalue weighted by molar-refractivity contribution is 0.188. The minimum Gasteiger partial charge on any atom is -0.391 e. The highest BCUT2D eigenvalue weighted by atomic mass is 16.3. The lowest BCUT2D eigenvalue weighted by Gasteiger charge is -2.14. The Bertz CT molecular complexity index is 1020. The van der Waals surface area contributed by atoms with E-state index in [1.807, 2.05) is 48.5 Å². The number of rotatable bonds is 6. The summed E-state index contributed by atoms with van der Waals surface area (Å²) in [6.45, 7) is 0.388. The van der Waals surface area contributed by atoms with E-state index < -0.39 is 6.10 Å². The molecule has 0 spiro atoms. The molecule has 6 heteroatoms. The molecular weight excluding hydrogens is 338 g/mol. The second-order valence-electron chi connectivity index (χ2n) is 6.25. The monoisotopic (exact) mass is 357 g/mol. The SMILES string of the molecule is O[C@H](CNc1nc(-c2ccncc2)nc2cnccc12)Cc1ccccc1. The summed E-state index contributed by atoms with van der Waals surface area (Å²) in [5.41, 5.74) is 2.73. The highest BCUT2D eigenvalue weighted by molar-refractivity contribution is 5.89. The van der Waals surface area contributed by atoms with Crippen molar-refractivity contribution in [3.63, 3.8) is 0 Å². The van der Waals surface area contributed by atoms with Gasteiger partial charge in [-0.2, -0.15) is 0 Å². The molecule has 1 aromatic carbocycles. The molecule has 27 heavy (non-hydrogen) atoms. The normalized spacial score (nSPS) is 12.0. The van der Waals surface area contributed by atoms with Gasteiger partial charge in [0.05, 0.1) is 17.8 Å². The van der Waals surface area contributed by atoms with Crippen LogP contribution in [0.2, 0.25) is 0 Å². The minimum atomic E-state index is -0.524. The van der Waals surface area contributed by atoms with Crippen LogP contribution in [-0.2, 0) is 6.42 Å². The van der Waals surface area contributed by atoms with Crippen LogP contribution in [0.25, 0.3) is 22.3 Å². The Labute approximate surface area is 157 Å². The number of nitrogens with zero attached hydrogens (tertiary/aromatic N) is 4. The molecule has 0 radical (unpaired) electrons. The maximum absolute atomic E-state index is 10.4. The molecule has 134 valence electrons. The fourth-order valence-corrected chi connectivity index (χ4v) is 2.92. The van der Waals surface area contributed by atoms with E-state index in [9.17, 15) is 5.11 Å². The zero-order valence-corrected chi connectivity index (χ0v) is 14.7. The zero-order valence-electron chi connectivity index (χ0n) is 14.7. The molecule has 0 unspecified atom stereocenters. The highest BCUT2D eigenvalue weighted by Crippen LogP contribution is 2.24.